The minimum atomic E-state index is -4.60. The van der Waals surface area contributed by atoms with Gasteiger partial charge in [0.25, 0.3) is 0 Å². The fraction of sp³-hybridized carbons (Fsp3) is 0.429. The van der Waals surface area contributed by atoms with Gasteiger partial charge in [-0.3, -0.25) is 14.5 Å². The monoisotopic (exact) mass is 430 g/mol. The Morgan fingerprint density at radius 1 is 1.29 bits per heavy atom. The van der Waals surface area contributed by atoms with Gasteiger partial charge in [-0.2, -0.15) is 13.2 Å². The summed E-state index contributed by atoms with van der Waals surface area (Å²) >= 11 is 3.25. The molecule has 1 aromatic rings. The third-order valence-corrected chi connectivity index (χ3v) is 4.34. The largest absolute Gasteiger partial charge is 0.481 e. The SMILES string of the molecule is Cl.O=C(CN1C[C@@H](C(F)(F)F)[C@H](C(=O)O)C1)Nc1ccccc1Br. The van der Waals surface area contributed by atoms with Gasteiger partial charge in [-0.15, -0.1) is 12.4 Å². The molecule has 0 spiro atoms. The third kappa shape index (κ3) is 5.09. The summed E-state index contributed by atoms with van der Waals surface area (Å²) in [6, 6.07) is 6.82. The minimum Gasteiger partial charge on any atom is -0.481 e. The van der Waals surface area contributed by atoms with E-state index in [9.17, 15) is 22.8 Å². The maximum absolute atomic E-state index is 12.9. The molecule has 1 saturated heterocycles. The van der Waals surface area contributed by atoms with Crippen LogP contribution in [0.1, 0.15) is 0 Å². The first-order valence-electron chi connectivity index (χ1n) is 6.74. The standard InChI is InChI=1S/C14H14BrF3N2O3.ClH/c15-10-3-1-2-4-11(10)19-12(21)7-20-5-8(13(22)23)9(6-20)14(16,17)18;/h1-4,8-9H,5-7H2,(H,19,21)(H,22,23);1H/t8-,9-;/m1./s1. The van der Waals surface area contributed by atoms with Crippen molar-refractivity contribution in [2.24, 2.45) is 11.8 Å². The van der Waals surface area contributed by atoms with Gasteiger partial charge in [0.2, 0.25) is 5.91 Å². The lowest BCUT2D eigenvalue weighted by Gasteiger charge is -2.18. The second-order valence-electron chi connectivity index (χ2n) is 5.31. The zero-order valence-electron chi connectivity index (χ0n) is 12.2. The topological polar surface area (TPSA) is 69.6 Å². The molecular weight excluding hydrogens is 417 g/mol. The van der Waals surface area contributed by atoms with Gasteiger partial charge in [-0.05, 0) is 28.1 Å². The van der Waals surface area contributed by atoms with Crippen molar-refractivity contribution >= 4 is 45.9 Å². The summed E-state index contributed by atoms with van der Waals surface area (Å²) < 4.78 is 39.3. The van der Waals surface area contributed by atoms with Crippen LogP contribution >= 0.6 is 28.3 Å². The molecule has 2 N–H and O–H groups in total. The van der Waals surface area contributed by atoms with Crippen LogP contribution in [0, 0.1) is 11.8 Å². The van der Waals surface area contributed by atoms with E-state index in [4.69, 9.17) is 5.11 Å². The maximum atomic E-state index is 12.9. The average molecular weight is 432 g/mol. The van der Waals surface area contributed by atoms with Gasteiger partial charge in [0.1, 0.15) is 0 Å². The lowest BCUT2D eigenvalue weighted by Crippen LogP contribution is -2.34. The Hall–Kier alpha value is -1.32. The average Bonchev–Trinajstić information content (AvgIpc) is 2.85. The van der Waals surface area contributed by atoms with E-state index in [0.29, 0.717) is 10.2 Å². The second kappa shape index (κ2) is 8.17. The number of hydrogen-bond acceptors (Lipinski definition) is 3. The van der Waals surface area contributed by atoms with Gasteiger partial charge in [0.15, 0.2) is 0 Å². The van der Waals surface area contributed by atoms with Crippen molar-refractivity contribution in [3.05, 3.63) is 28.7 Å². The van der Waals surface area contributed by atoms with Crippen LogP contribution in [-0.4, -0.2) is 47.7 Å². The third-order valence-electron chi connectivity index (χ3n) is 3.65. The molecule has 2 atom stereocenters. The molecule has 0 radical (unpaired) electrons. The summed E-state index contributed by atoms with van der Waals surface area (Å²) in [5, 5.41) is 11.5. The van der Waals surface area contributed by atoms with E-state index >= 15 is 0 Å². The molecular formula is C14H15BrClF3N2O3. The van der Waals surface area contributed by atoms with Crippen LogP contribution in [0.4, 0.5) is 18.9 Å². The number of alkyl halides is 3. The van der Waals surface area contributed by atoms with Crippen molar-refractivity contribution in [1.29, 1.82) is 0 Å². The zero-order valence-corrected chi connectivity index (χ0v) is 14.6. The van der Waals surface area contributed by atoms with Crippen molar-refractivity contribution in [2.45, 2.75) is 6.18 Å². The molecule has 24 heavy (non-hydrogen) atoms. The molecule has 1 heterocycles. The van der Waals surface area contributed by atoms with Gasteiger partial charge in [-0.25, -0.2) is 0 Å². The van der Waals surface area contributed by atoms with Gasteiger partial charge in [-0.1, -0.05) is 12.1 Å². The van der Waals surface area contributed by atoms with Crippen molar-refractivity contribution in [3.8, 4) is 0 Å². The van der Waals surface area contributed by atoms with E-state index in [-0.39, 0.29) is 25.5 Å². The molecule has 1 aromatic carbocycles. The molecule has 2 rings (SSSR count). The second-order valence-corrected chi connectivity index (χ2v) is 6.17. The van der Waals surface area contributed by atoms with E-state index in [1.54, 1.807) is 24.3 Å². The number of nitrogens with zero attached hydrogens (tertiary/aromatic N) is 1. The zero-order chi connectivity index (χ0) is 17.2. The minimum absolute atomic E-state index is 0. The number of carbonyl (C=O) groups is 2. The summed E-state index contributed by atoms with van der Waals surface area (Å²) in [4.78, 5) is 24.2. The number of benzene rings is 1. The Morgan fingerprint density at radius 3 is 2.42 bits per heavy atom. The number of para-hydroxylation sites is 1. The van der Waals surface area contributed by atoms with Crippen LogP contribution in [0.3, 0.4) is 0 Å². The van der Waals surface area contributed by atoms with Crippen LogP contribution < -0.4 is 5.32 Å². The number of carbonyl (C=O) groups excluding carboxylic acids is 1. The molecule has 134 valence electrons. The van der Waals surface area contributed by atoms with Crippen LogP contribution in [-0.2, 0) is 9.59 Å². The number of halogens is 5. The molecule has 1 aliphatic rings. The lowest BCUT2D eigenvalue weighted by atomic mass is 9.96. The molecule has 0 unspecified atom stereocenters. The summed E-state index contributed by atoms with van der Waals surface area (Å²) in [6.45, 7) is -1.09. The highest BCUT2D eigenvalue weighted by molar-refractivity contribution is 9.10. The van der Waals surface area contributed by atoms with Crippen LogP contribution in [0.5, 0.6) is 0 Å². The van der Waals surface area contributed by atoms with Crippen LogP contribution in [0.2, 0.25) is 0 Å². The Morgan fingerprint density at radius 2 is 1.92 bits per heavy atom. The first-order chi connectivity index (χ1) is 10.7. The van der Waals surface area contributed by atoms with Crippen LogP contribution in [0.15, 0.2) is 28.7 Å². The first kappa shape index (κ1) is 20.7. The molecule has 0 saturated carbocycles. The number of hydrogen-bond donors (Lipinski definition) is 2. The quantitative estimate of drug-likeness (QED) is 0.769. The van der Waals surface area contributed by atoms with Gasteiger partial charge in [0.05, 0.1) is 24.1 Å². The van der Waals surface area contributed by atoms with Crippen LogP contribution in [0.25, 0.3) is 0 Å². The first-order valence-corrected chi connectivity index (χ1v) is 7.54. The van der Waals surface area contributed by atoms with Gasteiger partial charge >= 0.3 is 12.1 Å². The highest BCUT2D eigenvalue weighted by atomic mass is 79.9. The molecule has 0 aromatic heterocycles. The molecule has 0 aliphatic carbocycles. The van der Waals surface area contributed by atoms with E-state index in [2.05, 4.69) is 21.2 Å². The van der Waals surface area contributed by atoms with E-state index < -0.39 is 36.4 Å². The number of carboxylic acid groups (broad SMARTS) is 1. The highest BCUT2D eigenvalue weighted by Gasteiger charge is 2.52. The molecule has 10 heteroatoms. The highest BCUT2D eigenvalue weighted by Crippen LogP contribution is 2.37. The predicted octanol–water partition coefficient (Wildman–Crippen LogP) is 3.00. The summed E-state index contributed by atoms with van der Waals surface area (Å²) in [5.74, 6) is -5.51. The van der Waals surface area contributed by atoms with Crippen molar-refractivity contribution in [3.63, 3.8) is 0 Å². The fourth-order valence-corrected chi connectivity index (χ4v) is 2.94. The van der Waals surface area contributed by atoms with E-state index in [0.717, 1.165) is 0 Å². The number of likely N-dealkylation sites (tertiary alicyclic amines) is 1. The summed E-state index contributed by atoms with van der Waals surface area (Å²) in [7, 11) is 0. The molecule has 1 amide bonds. The Labute approximate surface area is 150 Å². The molecule has 0 bridgehead atoms. The van der Waals surface area contributed by atoms with Gasteiger partial charge < -0.3 is 10.4 Å². The number of nitrogens with one attached hydrogen (secondary N) is 1. The lowest BCUT2D eigenvalue weighted by molar-refractivity contribution is -0.188. The number of aliphatic carboxylic acids is 1. The normalized spacial score (nSPS) is 21.2. The molecule has 1 fully saturated rings. The van der Waals surface area contributed by atoms with Crippen molar-refractivity contribution < 1.29 is 27.9 Å². The smallest absolute Gasteiger partial charge is 0.393 e. The number of anilines is 1. The Kier molecular flexibility index (Phi) is 7.06. The number of carboxylic acids is 1. The van der Waals surface area contributed by atoms with Crippen molar-refractivity contribution in [2.75, 3.05) is 25.0 Å². The van der Waals surface area contributed by atoms with Crippen molar-refractivity contribution in [1.82, 2.24) is 4.90 Å². The fourth-order valence-electron chi connectivity index (χ4n) is 2.55. The molecule has 1 aliphatic heterocycles. The summed E-state index contributed by atoms with van der Waals surface area (Å²) in [5.41, 5.74) is 0.499. The number of rotatable bonds is 4. The molecule has 5 nitrogen and oxygen atoms in total. The Bertz CT molecular complexity index is 615. The maximum Gasteiger partial charge on any atom is 0.393 e. The Balaban J connectivity index is 0.00000288. The predicted molar refractivity (Wildman–Crippen MR) is 87.1 cm³/mol. The summed E-state index contributed by atoms with van der Waals surface area (Å²) in [6.07, 6.45) is -4.60. The van der Waals surface area contributed by atoms with E-state index in [1.165, 1.54) is 4.90 Å². The number of amides is 1. The van der Waals surface area contributed by atoms with Gasteiger partial charge in [0, 0.05) is 17.6 Å². The van der Waals surface area contributed by atoms with E-state index in [1.807, 2.05) is 0 Å².